The topological polar surface area (TPSA) is 53.4 Å². The van der Waals surface area contributed by atoms with Crippen molar-refractivity contribution in [2.45, 2.75) is 32.2 Å². The Balaban J connectivity index is 1.95. The molecule has 1 aromatic heterocycles. The van der Waals surface area contributed by atoms with Gasteiger partial charge < -0.3 is 5.11 Å². The minimum absolute atomic E-state index is 0.0128. The van der Waals surface area contributed by atoms with Gasteiger partial charge in [-0.3, -0.25) is 14.7 Å². The Morgan fingerprint density at radius 3 is 2.68 bits per heavy atom. The first-order chi connectivity index (χ1) is 12.1. The van der Waals surface area contributed by atoms with E-state index in [4.69, 9.17) is 4.98 Å². The van der Waals surface area contributed by atoms with Crippen LogP contribution in [-0.2, 0) is 11.2 Å². The summed E-state index contributed by atoms with van der Waals surface area (Å²) >= 11 is 3.49. The number of carboxylic acids is 1. The maximum Gasteiger partial charge on any atom is 0.307 e. The third kappa shape index (κ3) is 4.28. The molecule has 0 saturated carbocycles. The molecule has 2 atom stereocenters. The van der Waals surface area contributed by atoms with Crippen molar-refractivity contribution in [1.29, 1.82) is 0 Å². The largest absolute Gasteiger partial charge is 0.481 e. The van der Waals surface area contributed by atoms with Gasteiger partial charge in [-0.25, -0.2) is 0 Å². The summed E-state index contributed by atoms with van der Waals surface area (Å²) in [4.78, 5) is 18.4. The van der Waals surface area contributed by atoms with E-state index in [0.29, 0.717) is 6.54 Å². The molecule has 1 aliphatic rings. The summed E-state index contributed by atoms with van der Waals surface area (Å²) in [5.41, 5.74) is 3.33. The van der Waals surface area contributed by atoms with Crippen LogP contribution in [0.2, 0.25) is 0 Å². The van der Waals surface area contributed by atoms with Crippen molar-refractivity contribution in [1.82, 2.24) is 9.88 Å². The van der Waals surface area contributed by atoms with Crippen LogP contribution >= 0.6 is 15.9 Å². The highest BCUT2D eigenvalue weighted by molar-refractivity contribution is 9.10. The second-order valence-corrected chi connectivity index (χ2v) is 7.49. The number of benzene rings is 1. The number of carbonyl (C=O) groups is 1. The van der Waals surface area contributed by atoms with Gasteiger partial charge in [0.15, 0.2) is 0 Å². The van der Waals surface area contributed by atoms with E-state index in [1.165, 1.54) is 5.56 Å². The fourth-order valence-electron chi connectivity index (χ4n) is 3.46. The number of aryl methyl sites for hydroxylation is 1. The Hall–Kier alpha value is -1.72. The average Bonchev–Trinajstić information content (AvgIpc) is 2.64. The number of hydrogen-bond acceptors (Lipinski definition) is 3. The van der Waals surface area contributed by atoms with Crippen LogP contribution in [-0.4, -0.2) is 34.0 Å². The molecule has 0 spiro atoms. The van der Waals surface area contributed by atoms with Gasteiger partial charge in [-0.2, -0.15) is 0 Å². The molecule has 1 saturated heterocycles. The van der Waals surface area contributed by atoms with E-state index in [1.54, 1.807) is 0 Å². The number of halogens is 1. The summed E-state index contributed by atoms with van der Waals surface area (Å²) in [5, 5.41) is 9.44. The van der Waals surface area contributed by atoms with E-state index in [-0.39, 0.29) is 12.0 Å². The summed E-state index contributed by atoms with van der Waals surface area (Å²) in [6.07, 6.45) is 4.54. The highest BCUT2D eigenvalue weighted by Crippen LogP contribution is 2.32. The van der Waals surface area contributed by atoms with Gasteiger partial charge in [-0.1, -0.05) is 41.1 Å². The number of pyridine rings is 1. The van der Waals surface area contributed by atoms with Crippen molar-refractivity contribution in [3.63, 3.8) is 0 Å². The first-order valence-electron chi connectivity index (χ1n) is 8.75. The molecule has 1 N–H and O–H groups in total. The van der Waals surface area contributed by atoms with Crippen LogP contribution in [0.15, 0.2) is 47.1 Å². The molecule has 0 aliphatic carbocycles. The molecule has 132 valence electrons. The molecule has 0 bridgehead atoms. The average molecular weight is 403 g/mol. The zero-order chi connectivity index (χ0) is 17.8. The van der Waals surface area contributed by atoms with Gasteiger partial charge in [-0.15, -0.1) is 0 Å². The molecule has 1 aliphatic heterocycles. The summed E-state index contributed by atoms with van der Waals surface area (Å²) in [6, 6.07) is 12.4. The second-order valence-electron chi connectivity index (χ2n) is 6.57. The lowest BCUT2D eigenvalue weighted by Gasteiger charge is -2.37. The lowest BCUT2D eigenvalue weighted by molar-refractivity contribution is -0.143. The molecular formula is C20H23BrN2O2. The Kier molecular flexibility index (Phi) is 5.86. The van der Waals surface area contributed by atoms with Crippen molar-refractivity contribution in [2.75, 3.05) is 13.1 Å². The van der Waals surface area contributed by atoms with Gasteiger partial charge in [0.1, 0.15) is 0 Å². The van der Waals surface area contributed by atoms with E-state index < -0.39 is 5.97 Å². The molecule has 4 nitrogen and oxygen atoms in total. The standard InChI is InChI=1S/C20H23BrN2O2/c1-2-14-5-10-18(22-12-14)19(15-6-8-17(21)9-7-15)23-11-3-4-16(13-23)20(24)25/h5-10,12,16,19H,2-4,11,13H2,1H3,(H,24,25). The molecule has 5 heteroatoms. The highest BCUT2D eigenvalue weighted by atomic mass is 79.9. The summed E-state index contributed by atoms with van der Waals surface area (Å²) in [7, 11) is 0. The molecular weight excluding hydrogens is 380 g/mol. The van der Waals surface area contributed by atoms with Crippen LogP contribution in [0.3, 0.4) is 0 Å². The van der Waals surface area contributed by atoms with Crippen LogP contribution in [0.25, 0.3) is 0 Å². The normalized spacial score (nSPS) is 19.5. The van der Waals surface area contributed by atoms with Crippen LogP contribution in [0.5, 0.6) is 0 Å². The predicted molar refractivity (Wildman–Crippen MR) is 102 cm³/mol. The van der Waals surface area contributed by atoms with Crippen LogP contribution in [0.4, 0.5) is 0 Å². The maximum absolute atomic E-state index is 11.5. The van der Waals surface area contributed by atoms with E-state index in [1.807, 2.05) is 18.3 Å². The van der Waals surface area contributed by atoms with Crippen molar-refractivity contribution in [3.05, 3.63) is 63.9 Å². The Morgan fingerprint density at radius 1 is 1.32 bits per heavy atom. The number of carboxylic acid groups (broad SMARTS) is 1. The number of likely N-dealkylation sites (tertiary alicyclic amines) is 1. The summed E-state index contributed by atoms with van der Waals surface area (Å²) in [6.45, 7) is 3.57. The minimum atomic E-state index is -0.700. The molecule has 0 radical (unpaired) electrons. The summed E-state index contributed by atoms with van der Waals surface area (Å²) in [5.74, 6) is -1.00. The minimum Gasteiger partial charge on any atom is -0.481 e. The van der Waals surface area contributed by atoms with Gasteiger partial charge in [0.25, 0.3) is 0 Å². The number of nitrogens with zero attached hydrogens (tertiary/aromatic N) is 2. The Bertz CT molecular complexity index is 715. The third-order valence-electron chi connectivity index (χ3n) is 4.89. The van der Waals surface area contributed by atoms with E-state index in [2.05, 4.69) is 52.0 Å². The molecule has 3 rings (SSSR count). The first-order valence-corrected chi connectivity index (χ1v) is 9.55. The molecule has 2 unspecified atom stereocenters. The molecule has 1 aromatic carbocycles. The molecule has 2 aromatic rings. The zero-order valence-electron chi connectivity index (χ0n) is 14.4. The lowest BCUT2D eigenvalue weighted by atomic mass is 9.93. The Labute approximate surface area is 157 Å². The number of piperidine rings is 1. The van der Waals surface area contributed by atoms with Gasteiger partial charge in [0.2, 0.25) is 0 Å². The number of aromatic nitrogens is 1. The van der Waals surface area contributed by atoms with E-state index >= 15 is 0 Å². The third-order valence-corrected chi connectivity index (χ3v) is 5.42. The molecule has 2 heterocycles. The second kappa shape index (κ2) is 8.11. The first kappa shape index (κ1) is 18.1. The quantitative estimate of drug-likeness (QED) is 0.809. The van der Waals surface area contributed by atoms with Crippen molar-refractivity contribution in [3.8, 4) is 0 Å². The molecule has 25 heavy (non-hydrogen) atoms. The summed E-state index contributed by atoms with van der Waals surface area (Å²) < 4.78 is 1.03. The lowest BCUT2D eigenvalue weighted by Crippen LogP contribution is -2.41. The fraction of sp³-hybridized carbons (Fsp3) is 0.400. The smallest absolute Gasteiger partial charge is 0.307 e. The molecule has 0 amide bonds. The highest BCUT2D eigenvalue weighted by Gasteiger charge is 2.31. The van der Waals surface area contributed by atoms with E-state index in [0.717, 1.165) is 41.5 Å². The predicted octanol–water partition coefficient (Wildman–Crippen LogP) is 4.29. The number of aliphatic carboxylic acids is 1. The fourth-order valence-corrected chi connectivity index (χ4v) is 3.73. The van der Waals surface area contributed by atoms with Crippen LogP contribution < -0.4 is 0 Å². The van der Waals surface area contributed by atoms with Crippen molar-refractivity contribution >= 4 is 21.9 Å². The van der Waals surface area contributed by atoms with Gasteiger partial charge in [0.05, 0.1) is 17.7 Å². The van der Waals surface area contributed by atoms with E-state index in [9.17, 15) is 9.90 Å². The van der Waals surface area contributed by atoms with Crippen LogP contribution in [0.1, 0.15) is 42.6 Å². The van der Waals surface area contributed by atoms with Crippen LogP contribution in [0, 0.1) is 5.92 Å². The monoisotopic (exact) mass is 402 g/mol. The van der Waals surface area contributed by atoms with Gasteiger partial charge in [-0.05, 0) is 55.1 Å². The van der Waals surface area contributed by atoms with Gasteiger partial charge >= 0.3 is 5.97 Å². The zero-order valence-corrected chi connectivity index (χ0v) is 15.9. The number of rotatable bonds is 5. The van der Waals surface area contributed by atoms with Gasteiger partial charge in [0, 0.05) is 17.2 Å². The SMILES string of the molecule is CCc1ccc(C(c2ccc(Br)cc2)N2CCCC(C(=O)O)C2)nc1. The van der Waals surface area contributed by atoms with Crippen molar-refractivity contribution < 1.29 is 9.90 Å². The Morgan fingerprint density at radius 2 is 2.08 bits per heavy atom. The maximum atomic E-state index is 11.5. The van der Waals surface area contributed by atoms with Crippen molar-refractivity contribution in [2.24, 2.45) is 5.92 Å². The molecule has 1 fully saturated rings. The number of hydrogen-bond donors (Lipinski definition) is 1.